The molecule has 2 aliphatic heterocycles. The highest BCUT2D eigenvalue weighted by atomic mass is 16.5. The number of aromatic nitrogens is 2. The summed E-state index contributed by atoms with van der Waals surface area (Å²) in [6.07, 6.45) is 10.9. The minimum atomic E-state index is -0.0588. The third-order valence-corrected chi connectivity index (χ3v) is 7.67. The Kier molecular flexibility index (Phi) is 6.38. The molecule has 4 aromatic rings. The quantitative estimate of drug-likeness (QED) is 0.261. The van der Waals surface area contributed by atoms with Crippen LogP contribution in [0.2, 0.25) is 0 Å². The van der Waals surface area contributed by atoms with Crippen molar-refractivity contribution in [2.75, 3.05) is 7.05 Å². The van der Waals surface area contributed by atoms with E-state index in [1.165, 1.54) is 16.7 Å². The van der Waals surface area contributed by atoms with Crippen LogP contribution >= 0.6 is 0 Å². The third-order valence-electron chi connectivity index (χ3n) is 7.67. The van der Waals surface area contributed by atoms with Crippen LogP contribution in [0.1, 0.15) is 43.3 Å². The van der Waals surface area contributed by atoms with E-state index in [2.05, 4.69) is 143 Å². The molecule has 202 valence electrons. The molecule has 1 aromatic heterocycles. The molecule has 3 heterocycles. The minimum absolute atomic E-state index is 0.0588. The van der Waals surface area contributed by atoms with Crippen LogP contribution < -0.4 is 4.74 Å². The maximum Gasteiger partial charge on any atom is 0.129 e. The molecule has 5 heteroatoms. The average Bonchev–Trinajstić information content (AvgIpc) is 3.44. The molecule has 40 heavy (non-hydrogen) atoms. The van der Waals surface area contributed by atoms with Crippen molar-refractivity contribution in [1.29, 1.82) is 0 Å². The van der Waals surface area contributed by atoms with E-state index in [1.54, 1.807) is 0 Å². The van der Waals surface area contributed by atoms with Crippen LogP contribution in [0.15, 0.2) is 103 Å². The fourth-order valence-corrected chi connectivity index (χ4v) is 5.57. The first-order valence-corrected chi connectivity index (χ1v) is 13.8. The Hall–Kier alpha value is -4.51. The van der Waals surface area contributed by atoms with Gasteiger partial charge in [-0.3, -0.25) is 0 Å². The van der Waals surface area contributed by atoms with Crippen LogP contribution in [-0.4, -0.2) is 32.8 Å². The highest BCUT2D eigenvalue weighted by Gasteiger charge is 2.28. The van der Waals surface area contributed by atoms with Gasteiger partial charge in [-0.1, -0.05) is 69.3 Å². The van der Waals surface area contributed by atoms with E-state index in [0.29, 0.717) is 0 Å². The van der Waals surface area contributed by atoms with Crippen molar-refractivity contribution < 1.29 is 4.74 Å². The topological polar surface area (TPSA) is 33.5 Å². The van der Waals surface area contributed by atoms with Gasteiger partial charge in [0.1, 0.15) is 17.7 Å². The van der Waals surface area contributed by atoms with Gasteiger partial charge in [0.25, 0.3) is 0 Å². The third kappa shape index (κ3) is 4.73. The molecule has 0 N–H and O–H groups in total. The Morgan fingerprint density at radius 1 is 0.825 bits per heavy atom. The molecule has 0 saturated carbocycles. The van der Waals surface area contributed by atoms with Gasteiger partial charge in [0.15, 0.2) is 0 Å². The average molecular weight is 529 g/mol. The van der Waals surface area contributed by atoms with Gasteiger partial charge in [0.2, 0.25) is 0 Å². The fourth-order valence-electron chi connectivity index (χ4n) is 5.57. The second-order valence-electron chi connectivity index (χ2n) is 11.6. The van der Waals surface area contributed by atoms with Crippen molar-refractivity contribution in [2.45, 2.75) is 46.2 Å². The van der Waals surface area contributed by atoms with Gasteiger partial charge < -0.3 is 14.5 Å². The van der Waals surface area contributed by atoms with Gasteiger partial charge in [-0.2, -0.15) is 5.10 Å². The number of rotatable bonds is 5. The van der Waals surface area contributed by atoms with E-state index in [9.17, 15) is 0 Å². The molecule has 0 spiro atoms. The van der Waals surface area contributed by atoms with Gasteiger partial charge in [-0.25, -0.2) is 4.68 Å². The van der Waals surface area contributed by atoms with E-state index in [4.69, 9.17) is 9.84 Å². The Morgan fingerprint density at radius 3 is 2.38 bits per heavy atom. The number of ether oxygens (including phenoxy) is 1. The maximum absolute atomic E-state index is 6.57. The van der Waals surface area contributed by atoms with Crippen LogP contribution in [0.25, 0.3) is 22.5 Å². The molecule has 3 aromatic carbocycles. The zero-order chi connectivity index (χ0) is 28.0. The van der Waals surface area contributed by atoms with Crippen molar-refractivity contribution in [3.8, 4) is 28.3 Å². The number of nitrogens with zero attached hydrogens (tertiary/aromatic N) is 4. The first-order valence-electron chi connectivity index (χ1n) is 13.8. The molecule has 1 unspecified atom stereocenters. The first-order chi connectivity index (χ1) is 19.2. The summed E-state index contributed by atoms with van der Waals surface area (Å²) in [5.74, 6) is 1.60. The van der Waals surface area contributed by atoms with E-state index < -0.39 is 0 Å². The number of hydrogen-bond donors (Lipinski definition) is 0. The van der Waals surface area contributed by atoms with Gasteiger partial charge >= 0.3 is 0 Å². The Bertz CT molecular complexity index is 1650. The van der Waals surface area contributed by atoms with Crippen molar-refractivity contribution in [1.82, 2.24) is 19.6 Å². The fraction of sp³-hybridized carbons (Fsp3) is 0.229. The number of fused-ring (bicyclic) bond motifs is 1. The number of aryl methyl sites for hydroxylation is 1. The molecule has 6 rings (SSSR count). The van der Waals surface area contributed by atoms with Gasteiger partial charge in [-0.05, 0) is 66.8 Å². The zero-order valence-electron chi connectivity index (χ0n) is 24.1. The predicted octanol–water partition coefficient (Wildman–Crippen LogP) is 8.20. The van der Waals surface area contributed by atoms with Crippen LogP contribution in [0.3, 0.4) is 0 Å². The summed E-state index contributed by atoms with van der Waals surface area (Å²) in [6.45, 7) is 10.9. The van der Waals surface area contributed by atoms with Crippen molar-refractivity contribution in [2.24, 2.45) is 0 Å². The Morgan fingerprint density at radius 2 is 1.60 bits per heavy atom. The first kappa shape index (κ1) is 25.8. The zero-order valence-corrected chi connectivity index (χ0v) is 24.1. The lowest BCUT2D eigenvalue weighted by Gasteiger charge is -2.29. The molecular formula is C35H36N4O. The maximum atomic E-state index is 6.57. The van der Waals surface area contributed by atoms with Crippen molar-refractivity contribution in [3.05, 3.63) is 126 Å². The van der Waals surface area contributed by atoms with Gasteiger partial charge in [0.05, 0.1) is 17.1 Å². The van der Waals surface area contributed by atoms with E-state index in [0.717, 1.165) is 39.8 Å². The van der Waals surface area contributed by atoms with Crippen LogP contribution in [0, 0.1) is 13.8 Å². The van der Waals surface area contributed by atoms with Crippen LogP contribution in [0.4, 0.5) is 0 Å². The van der Waals surface area contributed by atoms with Crippen molar-refractivity contribution >= 4 is 5.70 Å². The molecule has 0 aliphatic carbocycles. The van der Waals surface area contributed by atoms with Crippen LogP contribution in [-0.2, 0) is 5.41 Å². The van der Waals surface area contributed by atoms with Crippen molar-refractivity contribution in [3.63, 3.8) is 0 Å². The summed E-state index contributed by atoms with van der Waals surface area (Å²) in [5, 5.41) is 4.97. The molecule has 1 atom stereocenters. The molecule has 0 fully saturated rings. The molecule has 2 aliphatic rings. The molecule has 0 radical (unpaired) electrons. The summed E-state index contributed by atoms with van der Waals surface area (Å²) in [6, 6.07) is 25.3. The summed E-state index contributed by atoms with van der Waals surface area (Å²) >= 11 is 0. The van der Waals surface area contributed by atoms with Gasteiger partial charge in [0, 0.05) is 42.3 Å². The number of benzene rings is 3. The highest BCUT2D eigenvalue weighted by Crippen LogP contribution is 2.37. The largest absolute Gasteiger partial charge is 0.457 e. The van der Waals surface area contributed by atoms with E-state index in [1.807, 2.05) is 16.8 Å². The normalized spacial score (nSPS) is 16.4. The molecule has 0 bridgehead atoms. The van der Waals surface area contributed by atoms with Gasteiger partial charge in [-0.15, -0.1) is 0 Å². The lowest BCUT2D eigenvalue weighted by Crippen LogP contribution is -2.33. The molecule has 0 saturated heterocycles. The Balaban J connectivity index is 1.37. The standard InChI is InChI=1S/C35H36N4O/c1-24-34(26-13-8-7-9-14-26)25(2)39(36-24)29-20-28(35(3,4)5)21-31(22-29)40-30-16-12-15-27(19-30)32-23-37(6)33-17-10-11-18-38(32)33/h7-23,33H,1-6H3. The highest BCUT2D eigenvalue weighted by molar-refractivity contribution is 5.70. The molecule has 5 nitrogen and oxygen atoms in total. The predicted molar refractivity (Wildman–Crippen MR) is 163 cm³/mol. The second-order valence-corrected chi connectivity index (χ2v) is 11.6. The lowest BCUT2D eigenvalue weighted by atomic mass is 9.86. The lowest BCUT2D eigenvalue weighted by molar-refractivity contribution is 0.282. The molecular weight excluding hydrogens is 492 g/mol. The summed E-state index contributed by atoms with van der Waals surface area (Å²) < 4.78 is 8.62. The SMILES string of the molecule is Cc1nn(-c2cc(Oc3cccc(C4=CN(C)C5C=CC=CN45)c3)cc(C(C)(C)C)c2)c(C)c1-c1ccccc1. The van der Waals surface area contributed by atoms with E-state index >= 15 is 0 Å². The van der Waals surface area contributed by atoms with E-state index in [-0.39, 0.29) is 11.6 Å². The summed E-state index contributed by atoms with van der Waals surface area (Å²) in [5.41, 5.74) is 8.87. The number of hydrogen-bond acceptors (Lipinski definition) is 4. The number of likely N-dealkylation sites (N-methyl/N-ethyl adjacent to an activating group) is 1. The molecule has 0 amide bonds. The Labute approximate surface area is 237 Å². The van der Waals surface area contributed by atoms with Crippen LogP contribution in [0.5, 0.6) is 11.5 Å². The smallest absolute Gasteiger partial charge is 0.129 e. The number of allylic oxidation sites excluding steroid dienone is 2. The summed E-state index contributed by atoms with van der Waals surface area (Å²) in [7, 11) is 2.11. The second kappa shape index (κ2) is 9.91. The monoisotopic (exact) mass is 528 g/mol. The summed E-state index contributed by atoms with van der Waals surface area (Å²) in [4.78, 5) is 4.50. The minimum Gasteiger partial charge on any atom is -0.457 e.